The summed E-state index contributed by atoms with van der Waals surface area (Å²) in [7, 11) is 0. The zero-order chi connectivity index (χ0) is 26.9. The van der Waals surface area contributed by atoms with Gasteiger partial charge in [-0.2, -0.15) is 5.26 Å². The Bertz CT molecular complexity index is 1430. The van der Waals surface area contributed by atoms with E-state index in [2.05, 4.69) is 31.7 Å². The topological polar surface area (TPSA) is 133 Å². The predicted octanol–water partition coefficient (Wildman–Crippen LogP) is 3.91. The van der Waals surface area contributed by atoms with Crippen LogP contribution in [-0.4, -0.2) is 50.5 Å². The van der Waals surface area contributed by atoms with Crippen LogP contribution in [0.3, 0.4) is 0 Å². The molecule has 0 unspecified atom stereocenters. The maximum Gasteiger partial charge on any atom is 0.410 e. The van der Waals surface area contributed by atoms with E-state index in [1.165, 1.54) is 0 Å². The van der Waals surface area contributed by atoms with Gasteiger partial charge in [0, 0.05) is 29.5 Å². The molecule has 1 fully saturated rings. The number of fused-ring (bicyclic) bond motifs is 1. The van der Waals surface area contributed by atoms with E-state index >= 15 is 0 Å². The van der Waals surface area contributed by atoms with Gasteiger partial charge in [0.25, 0.3) is 0 Å². The number of aryl methyl sites for hydroxylation is 2. The van der Waals surface area contributed by atoms with Crippen molar-refractivity contribution in [2.45, 2.75) is 51.0 Å². The molecule has 0 bridgehead atoms. The van der Waals surface area contributed by atoms with Crippen LogP contribution in [-0.2, 0) is 34.2 Å². The van der Waals surface area contributed by atoms with Gasteiger partial charge in [-0.3, -0.25) is 9.78 Å². The summed E-state index contributed by atoms with van der Waals surface area (Å²) in [5.74, 6) is 0.453. The fraction of sp³-hybridized carbons (Fsp3) is 0.357. The van der Waals surface area contributed by atoms with Crippen LogP contribution in [0.25, 0.3) is 0 Å². The second kappa shape index (κ2) is 9.74. The maximum atomic E-state index is 12.4. The van der Waals surface area contributed by atoms with E-state index in [0.29, 0.717) is 30.9 Å². The molecule has 5 rings (SSSR count). The summed E-state index contributed by atoms with van der Waals surface area (Å²) in [5.41, 5.74) is 3.59. The molecule has 0 saturated carbocycles. The largest absolute Gasteiger partial charge is 0.444 e. The molecule has 2 amide bonds. The Morgan fingerprint density at radius 2 is 2.00 bits per heavy atom. The molecule has 194 valence electrons. The van der Waals surface area contributed by atoms with Crippen molar-refractivity contribution >= 4 is 29.3 Å². The van der Waals surface area contributed by atoms with Crippen molar-refractivity contribution in [3.05, 3.63) is 71.3 Å². The van der Waals surface area contributed by atoms with E-state index in [0.717, 1.165) is 28.2 Å². The van der Waals surface area contributed by atoms with Crippen molar-refractivity contribution < 1.29 is 14.3 Å². The van der Waals surface area contributed by atoms with Gasteiger partial charge in [0.15, 0.2) is 0 Å². The monoisotopic (exact) mass is 511 g/mol. The highest BCUT2D eigenvalue weighted by Gasteiger charge is 2.50. The van der Waals surface area contributed by atoms with E-state index in [1.807, 2.05) is 57.2 Å². The van der Waals surface area contributed by atoms with Crippen LogP contribution in [0.15, 0.2) is 48.8 Å². The molecule has 3 aromatic rings. The van der Waals surface area contributed by atoms with Gasteiger partial charge in [0.05, 0.1) is 31.3 Å². The molecule has 0 radical (unpaired) electrons. The highest BCUT2D eigenvalue weighted by Crippen LogP contribution is 2.36. The van der Waals surface area contributed by atoms with Gasteiger partial charge in [-0.05, 0) is 75.1 Å². The Labute approximate surface area is 221 Å². The van der Waals surface area contributed by atoms with Gasteiger partial charge in [0.2, 0.25) is 11.9 Å². The average molecular weight is 512 g/mol. The normalized spacial score (nSPS) is 15.6. The van der Waals surface area contributed by atoms with Crippen molar-refractivity contribution in [3.63, 3.8) is 0 Å². The smallest absolute Gasteiger partial charge is 0.410 e. The van der Waals surface area contributed by atoms with Crippen LogP contribution < -0.4 is 10.6 Å². The number of pyridine rings is 1. The quantitative estimate of drug-likeness (QED) is 0.509. The number of nitrogens with zero attached hydrogens (tertiary/aromatic N) is 5. The lowest BCUT2D eigenvalue weighted by Crippen LogP contribution is -2.61. The molecule has 0 atom stereocenters. The Kier molecular flexibility index (Phi) is 6.45. The summed E-state index contributed by atoms with van der Waals surface area (Å²) in [5, 5.41) is 16.1. The maximum absolute atomic E-state index is 12.4. The van der Waals surface area contributed by atoms with Gasteiger partial charge in [-0.1, -0.05) is 6.07 Å². The first-order chi connectivity index (χ1) is 18.1. The molecule has 1 saturated heterocycles. The predicted molar refractivity (Wildman–Crippen MR) is 141 cm³/mol. The van der Waals surface area contributed by atoms with Gasteiger partial charge < -0.3 is 20.3 Å². The van der Waals surface area contributed by atoms with Gasteiger partial charge in [-0.25, -0.2) is 14.8 Å². The van der Waals surface area contributed by atoms with E-state index in [4.69, 9.17) is 4.74 Å². The number of hydrogen-bond acceptors (Lipinski definition) is 8. The molecule has 10 heteroatoms. The lowest BCUT2D eigenvalue weighted by atomic mass is 9.75. The van der Waals surface area contributed by atoms with Crippen LogP contribution in [0.4, 0.5) is 22.1 Å². The number of nitriles is 1. The van der Waals surface area contributed by atoms with Crippen LogP contribution in [0.5, 0.6) is 0 Å². The molecule has 4 heterocycles. The number of rotatable bonds is 6. The van der Waals surface area contributed by atoms with E-state index in [1.54, 1.807) is 17.3 Å². The van der Waals surface area contributed by atoms with Crippen LogP contribution >= 0.6 is 0 Å². The van der Waals surface area contributed by atoms with Crippen molar-refractivity contribution in [3.8, 4) is 6.07 Å². The Balaban J connectivity index is 1.26. The van der Waals surface area contributed by atoms with Gasteiger partial charge in [-0.15, -0.1) is 0 Å². The molecule has 0 spiro atoms. The molecule has 10 nitrogen and oxygen atoms in total. The first kappa shape index (κ1) is 25.1. The second-order valence-electron chi connectivity index (χ2n) is 10.6. The number of amides is 2. The average Bonchev–Trinajstić information content (AvgIpc) is 3.21. The number of carbonyl (C=O) groups is 2. The third kappa shape index (κ3) is 5.27. The standard InChI is InChI=1S/C28H29N7O3/c1-27(2,3)38-26(37)35-16-28(15-29,17-35)24-18(5-4-11-30-24)6-7-20-10-12-31-25(32-20)33-21-8-9-22-19(13-21)14-23(36)34-22/h4-5,8-13H,6-7,14,16-17H2,1-3H3,(H,34,36)(H,31,32,33). The number of ether oxygens (including phenoxy) is 1. The van der Waals surface area contributed by atoms with E-state index < -0.39 is 17.1 Å². The molecule has 2 aliphatic rings. The lowest BCUT2D eigenvalue weighted by molar-refractivity contribution is -0.115. The van der Waals surface area contributed by atoms with Crippen LogP contribution in [0.2, 0.25) is 0 Å². The summed E-state index contributed by atoms with van der Waals surface area (Å²) in [6.07, 6.45) is 4.57. The third-order valence-electron chi connectivity index (χ3n) is 6.48. The SMILES string of the molecule is CC(C)(C)OC(=O)N1CC(C#N)(c2ncccc2CCc2ccnc(Nc3ccc4c(c3)CC(=O)N4)n2)C1. The van der Waals surface area contributed by atoms with Crippen LogP contribution in [0, 0.1) is 11.3 Å². The molecule has 2 aliphatic heterocycles. The van der Waals surface area contributed by atoms with E-state index in [9.17, 15) is 14.9 Å². The van der Waals surface area contributed by atoms with Crippen molar-refractivity contribution in [1.82, 2.24) is 19.9 Å². The number of anilines is 3. The summed E-state index contributed by atoms with van der Waals surface area (Å²) in [6, 6.07) is 13.8. The van der Waals surface area contributed by atoms with Crippen LogP contribution in [0.1, 0.15) is 43.3 Å². The zero-order valence-corrected chi connectivity index (χ0v) is 21.6. The van der Waals surface area contributed by atoms with E-state index in [-0.39, 0.29) is 19.0 Å². The Morgan fingerprint density at radius 1 is 1.18 bits per heavy atom. The molecule has 2 aromatic heterocycles. The van der Waals surface area contributed by atoms with Crippen molar-refractivity contribution in [2.75, 3.05) is 23.7 Å². The minimum atomic E-state index is -0.865. The molecule has 38 heavy (non-hydrogen) atoms. The number of hydrogen-bond donors (Lipinski definition) is 2. The Morgan fingerprint density at radius 3 is 2.76 bits per heavy atom. The number of benzene rings is 1. The second-order valence-corrected chi connectivity index (χ2v) is 10.6. The fourth-order valence-corrected chi connectivity index (χ4v) is 4.70. The minimum absolute atomic E-state index is 0.0113. The molecule has 2 N–H and O–H groups in total. The Hall–Kier alpha value is -4.52. The molecular formula is C28H29N7O3. The number of nitrogens with one attached hydrogen (secondary N) is 2. The molecule has 1 aromatic carbocycles. The highest BCUT2D eigenvalue weighted by molar-refractivity contribution is 5.99. The lowest BCUT2D eigenvalue weighted by Gasteiger charge is -2.45. The fourth-order valence-electron chi connectivity index (χ4n) is 4.70. The molecule has 0 aliphatic carbocycles. The minimum Gasteiger partial charge on any atom is -0.444 e. The number of aromatic nitrogens is 3. The van der Waals surface area contributed by atoms with Gasteiger partial charge in [0.1, 0.15) is 11.0 Å². The summed E-state index contributed by atoms with van der Waals surface area (Å²) in [6.45, 7) is 5.94. The van der Waals surface area contributed by atoms with Gasteiger partial charge >= 0.3 is 6.09 Å². The third-order valence-corrected chi connectivity index (χ3v) is 6.48. The zero-order valence-electron chi connectivity index (χ0n) is 21.6. The van der Waals surface area contributed by atoms with Crippen molar-refractivity contribution in [1.29, 1.82) is 5.26 Å². The van der Waals surface area contributed by atoms with Crippen molar-refractivity contribution in [2.24, 2.45) is 0 Å². The first-order valence-corrected chi connectivity index (χ1v) is 12.5. The summed E-state index contributed by atoms with van der Waals surface area (Å²) in [4.78, 5) is 39.1. The first-order valence-electron chi connectivity index (χ1n) is 12.5. The summed E-state index contributed by atoms with van der Waals surface area (Å²) < 4.78 is 5.45. The molecular weight excluding hydrogens is 482 g/mol. The number of likely N-dealkylation sites (tertiary alicyclic amines) is 1. The highest BCUT2D eigenvalue weighted by atomic mass is 16.6. The number of carbonyl (C=O) groups excluding carboxylic acids is 2. The summed E-state index contributed by atoms with van der Waals surface area (Å²) >= 11 is 0.